The molecular formula is C22H26N2O4. The van der Waals surface area contributed by atoms with Crippen molar-refractivity contribution in [3.8, 4) is 0 Å². The number of likely N-dealkylation sites (tertiary alicyclic amines) is 1. The summed E-state index contributed by atoms with van der Waals surface area (Å²) in [6.45, 7) is 5.13. The molecule has 2 amide bonds. The first-order chi connectivity index (χ1) is 13.4. The average molecular weight is 382 g/mol. The van der Waals surface area contributed by atoms with Crippen molar-refractivity contribution in [2.45, 2.75) is 45.6 Å². The van der Waals surface area contributed by atoms with Crippen LogP contribution in [0.4, 0.5) is 0 Å². The Morgan fingerprint density at radius 1 is 1.07 bits per heavy atom. The zero-order valence-corrected chi connectivity index (χ0v) is 16.4. The number of carbonyl (C=O) groups is 3. The molecule has 6 nitrogen and oxygen atoms in total. The Bertz CT molecular complexity index is 849. The summed E-state index contributed by atoms with van der Waals surface area (Å²) in [4.78, 5) is 38.5. The molecule has 28 heavy (non-hydrogen) atoms. The topological polar surface area (TPSA) is 79.6 Å². The number of furan rings is 1. The Balaban J connectivity index is 1.41. The van der Waals surface area contributed by atoms with Gasteiger partial charge in [-0.2, -0.15) is 0 Å². The fourth-order valence-corrected chi connectivity index (χ4v) is 3.37. The molecule has 1 aromatic heterocycles. The van der Waals surface area contributed by atoms with Crippen LogP contribution in [0.3, 0.4) is 0 Å². The van der Waals surface area contributed by atoms with Crippen molar-refractivity contribution >= 4 is 17.6 Å². The zero-order valence-electron chi connectivity index (χ0n) is 16.4. The van der Waals surface area contributed by atoms with Gasteiger partial charge in [0.15, 0.2) is 11.5 Å². The van der Waals surface area contributed by atoms with Gasteiger partial charge in [0, 0.05) is 37.5 Å². The van der Waals surface area contributed by atoms with E-state index in [0.29, 0.717) is 37.3 Å². The van der Waals surface area contributed by atoms with Gasteiger partial charge in [-0.15, -0.1) is 0 Å². The van der Waals surface area contributed by atoms with Gasteiger partial charge in [-0.05, 0) is 56.0 Å². The van der Waals surface area contributed by atoms with Crippen LogP contribution in [0.25, 0.3) is 0 Å². The van der Waals surface area contributed by atoms with Crippen LogP contribution in [0.15, 0.2) is 41.0 Å². The maximum Gasteiger partial charge on any atom is 0.289 e. The number of nitrogens with one attached hydrogen (secondary N) is 1. The largest absolute Gasteiger partial charge is 0.459 e. The van der Waals surface area contributed by atoms with Gasteiger partial charge < -0.3 is 14.6 Å². The summed E-state index contributed by atoms with van der Waals surface area (Å²) in [6, 6.07) is 9.00. The molecule has 1 fully saturated rings. The van der Waals surface area contributed by atoms with Crippen LogP contribution >= 0.6 is 0 Å². The van der Waals surface area contributed by atoms with E-state index in [1.165, 1.54) is 6.26 Å². The molecular weight excluding hydrogens is 356 g/mol. The van der Waals surface area contributed by atoms with E-state index in [1.54, 1.807) is 17.0 Å². The van der Waals surface area contributed by atoms with Gasteiger partial charge in [0.2, 0.25) is 5.91 Å². The van der Waals surface area contributed by atoms with E-state index in [-0.39, 0.29) is 36.5 Å². The molecule has 3 rings (SSSR count). The highest BCUT2D eigenvalue weighted by Crippen LogP contribution is 2.15. The van der Waals surface area contributed by atoms with E-state index in [4.69, 9.17) is 4.42 Å². The minimum atomic E-state index is -0.118. The van der Waals surface area contributed by atoms with Crippen molar-refractivity contribution in [1.29, 1.82) is 0 Å². The van der Waals surface area contributed by atoms with Crippen LogP contribution < -0.4 is 5.32 Å². The summed E-state index contributed by atoms with van der Waals surface area (Å²) in [5.74, 6) is 0.0891. The van der Waals surface area contributed by atoms with Gasteiger partial charge in [0.25, 0.3) is 5.91 Å². The second-order valence-corrected chi connectivity index (χ2v) is 7.33. The summed E-state index contributed by atoms with van der Waals surface area (Å²) < 4.78 is 5.15. The van der Waals surface area contributed by atoms with Crippen molar-refractivity contribution in [2.24, 2.45) is 0 Å². The maximum absolute atomic E-state index is 12.3. The zero-order chi connectivity index (χ0) is 20.1. The number of Topliss-reactive ketones (excluding diaryl/α,β-unsaturated/α-hetero) is 1. The first-order valence-electron chi connectivity index (χ1n) is 9.66. The van der Waals surface area contributed by atoms with Crippen LogP contribution in [0.5, 0.6) is 0 Å². The Hall–Kier alpha value is -2.89. The standard InChI is InChI=1S/C22H26N2O4/c1-15-5-6-17(14-16(15)2)19(25)7-8-21(26)23-18-9-11-24(12-10-18)22(27)20-4-3-13-28-20/h3-6,13-14,18H,7-12H2,1-2H3,(H,23,26). The molecule has 0 atom stereocenters. The van der Waals surface area contributed by atoms with Gasteiger partial charge in [-0.25, -0.2) is 0 Å². The molecule has 0 spiro atoms. The molecule has 1 aliphatic rings. The molecule has 2 heterocycles. The Morgan fingerprint density at radius 3 is 2.46 bits per heavy atom. The van der Waals surface area contributed by atoms with Crippen LogP contribution in [0.1, 0.15) is 57.7 Å². The van der Waals surface area contributed by atoms with Crippen molar-refractivity contribution in [3.05, 3.63) is 59.0 Å². The lowest BCUT2D eigenvalue weighted by Crippen LogP contribution is -2.46. The van der Waals surface area contributed by atoms with Crippen LogP contribution in [0, 0.1) is 13.8 Å². The minimum Gasteiger partial charge on any atom is -0.459 e. The third kappa shape index (κ3) is 4.88. The summed E-state index contributed by atoms with van der Waals surface area (Å²) in [5, 5.41) is 2.99. The number of hydrogen-bond donors (Lipinski definition) is 1. The van der Waals surface area contributed by atoms with Gasteiger partial charge in [-0.1, -0.05) is 12.1 Å². The third-order valence-corrected chi connectivity index (χ3v) is 5.29. The van der Waals surface area contributed by atoms with E-state index in [0.717, 1.165) is 11.1 Å². The number of carbonyl (C=O) groups excluding carboxylic acids is 3. The number of nitrogens with zero attached hydrogens (tertiary/aromatic N) is 1. The third-order valence-electron chi connectivity index (χ3n) is 5.29. The molecule has 148 valence electrons. The number of hydrogen-bond acceptors (Lipinski definition) is 4. The quantitative estimate of drug-likeness (QED) is 0.778. The van der Waals surface area contributed by atoms with Crippen molar-refractivity contribution in [2.75, 3.05) is 13.1 Å². The summed E-state index contributed by atoms with van der Waals surface area (Å²) in [6.07, 6.45) is 3.26. The molecule has 2 aromatic rings. The Morgan fingerprint density at radius 2 is 1.82 bits per heavy atom. The molecule has 0 aliphatic carbocycles. The number of piperidine rings is 1. The minimum absolute atomic E-state index is 0.0166. The number of rotatable bonds is 6. The molecule has 1 saturated heterocycles. The van der Waals surface area contributed by atoms with Crippen molar-refractivity contribution in [3.63, 3.8) is 0 Å². The molecule has 0 bridgehead atoms. The summed E-state index contributed by atoms with van der Waals surface area (Å²) in [5.41, 5.74) is 2.87. The van der Waals surface area contributed by atoms with Crippen LogP contribution in [-0.4, -0.2) is 41.6 Å². The van der Waals surface area contributed by atoms with Gasteiger partial charge in [0.1, 0.15) is 0 Å². The second kappa shape index (κ2) is 8.87. The van der Waals surface area contributed by atoms with E-state index in [2.05, 4.69) is 5.32 Å². The number of ketones is 1. The highest BCUT2D eigenvalue weighted by Gasteiger charge is 2.25. The Kier molecular flexibility index (Phi) is 6.29. The lowest BCUT2D eigenvalue weighted by Gasteiger charge is -2.31. The van der Waals surface area contributed by atoms with E-state index < -0.39 is 0 Å². The van der Waals surface area contributed by atoms with Gasteiger partial charge in [0.05, 0.1) is 6.26 Å². The normalized spacial score (nSPS) is 14.7. The maximum atomic E-state index is 12.3. The Labute approximate surface area is 164 Å². The monoisotopic (exact) mass is 382 g/mol. The molecule has 1 aliphatic heterocycles. The highest BCUT2D eigenvalue weighted by molar-refractivity contribution is 5.98. The SMILES string of the molecule is Cc1ccc(C(=O)CCC(=O)NC2CCN(C(=O)c3ccco3)CC2)cc1C. The average Bonchev–Trinajstić information content (AvgIpc) is 3.23. The first-order valence-corrected chi connectivity index (χ1v) is 9.66. The predicted molar refractivity (Wildman–Crippen MR) is 105 cm³/mol. The van der Waals surface area contributed by atoms with Crippen molar-refractivity contribution < 1.29 is 18.8 Å². The number of amides is 2. The predicted octanol–water partition coefficient (Wildman–Crippen LogP) is 3.28. The molecule has 0 unspecified atom stereocenters. The molecule has 1 N–H and O–H groups in total. The molecule has 0 radical (unpaired) electrons. The number of aryl methyl sites for hydroxylation is 2. The molecule has 6 heteroatoms. The highest BCUT2D eigenvalue weighted by atomic mass is 16.3. The molecule has 0 saturated carbocycles. The van der Waals surface area contributed by atoms with Gasteiger partial charge >= 0.3 is 0 Å². The van der Waals surface area contributed by atoms with E-state index in [9.17, 15) is 14.4 Å². The molecule has 1 aromatic carbocycles. The van der Waals surface area contributed by atoms with Gasteiger partial charge in [-0.3, -0.25) is 14.4 Å². The summed E-state index contributed by atoms with van der Waals surface area (Å²) in [7, 11) is 0. The number of benzene rings is 1. The van der Waals surface area contributed by atoms with Crippen molar-refractivity contribution in [1.82, 2.24) is 10.2 Å². The first kappa shape index (κ1) is 19.9. The van der Waals surface area contributed by atoms with Crippen LogP contribution in [-0.2, 0) is 4.79 Å². The fraction of sp³-hybridized carbons (Fsp3) is 0.409. The lowest BCUT2D eigenvalue weighted by molar-refractivity contribution is -0.122. The van der Waals surface area contributed by atoms with Crippen LogP contribution in [0.2, 0.25) is 0 Å². The van der Waals surface area contributed by atoms with E-state index >= 15 is 0 Å². The van der Waals surface area contributed by atoms with E-state index in [1.807, 2.05) is 32.0 Å². The lowest BCUT2D eigenvalue weighted by atomic mass is 10.0. The summed E-state index contributed by atoms with van der Waals surface area (Å²) >= 11 is 0. The second-order valence-electron chi connectivity index (χ2n) is 7.33. The smallest absolute Gasteiger partial charge is 0.289 e. The fourth-order valence-electron chi connectivity index (χ4n) is 3.37.